The second kappa shape index (κ2) is 13.1. The van der Waals surface area contributed by atoms with Crippen molar-refractivity contribution >= 4 is 37.2 Å². The summed E-state index contributed by atoms with van der Waals surface area (Å²) in [5, 5.41) is 15.7. The highest BCUT2D eigenvalue weighted by atomic mass is 32.1. The van der Waals surface area contributed by atoms with Crippen LogP contribution >= 0.6 is 25.3 Å². The third kappa shape index (κ3) is 13.7. The van der Waals surface area contributed by atoms with Gasteiger partial charge in [-0.2, -0.15) is 25.3 Å². The minimum absolute atomic E-state index is 0.468. The molecule has 0 aliphatic rings. The molecule has 2 N–H and O–H groups in total. The Labute approximate surface area is 120 Å². The van der Waals surface area contributed by atoms with E-state index in [0.29, 0.717) is 12.8 Å². The summed E-state index contributed by atoms with van der Waals surface area (Å²) in [5.74, 6) is -1.63. The van der Waals surface area contributed by atoms with E-state index in [0.717, 1.165) is 25.7 Å². The smallest absolute Gasteiger partial charge is 0.316 e. The summed E-state index contributed by atoms with van der Waals surface area (Å²) in [7, 11) is 0. The number of unbranched alkanes of at least 4 members (excludes halogenated alkanes) is 2. The number of carboxylic acid groups (broad SMARTS) is 2. The molecular formula is C12H24O4S2. The lowest BCUT2D eigenvalue weighted by molar-refractivity contribution is -0.137. The molecule has 0 saturated carbocycles. The van der Waals surface area contributed by atoms with E-state index < -0.39 is 22.4 Å². The molecule has 0 heterocycles. The first-order valence-corrected chi connectivity index (χ1v) is 7.21. The molecule has 0 spiro atoms. The molecule has 0 radical (unpaired) electrons. The summed E-state index contributed by atoms with van der Waals surface area (Å²) in [4.78, 5) is 20.3. The van der Waals surface area contributed by atoms with Crippen LogP contribution < -0.4 is 0 Å². The first kappa shape index (κ1) is 20.0. The minimum Gasteiger partial charge on any atom is -0.480 e. The zero-order valence-electron chi connectivity index (χ0n) is 11.0. The van der Waals surface area contributed by atoms with Gasteiger partial charge in [0.1, 0.15) is 0 Å². The molecule has 4 nitrogen and oxygen atoms in total. The quantitative estimate of drug-likeness (QED) is 0.519. The molecule has 0 aliphatic heterocycles. The van der Waals surface area contributed by atoms with Crippen LogP contribution in [-0.4, -0.2) is 32.7 Å². The van der Waals surface area contributed by atoms with E-state index in [2.05, 4.69) is 25.3 Å². The molecular weight excluding hydrogens is 272 g/mol. The third-order valence-corrected chi connectivity index (χ3v) is 3.19. The van der Waals surface area contributed by atoms with Gasteiger partial charge in [-0.15, -0.1) is 0 Å². The molecule has 0 fully saturated rings. The predicted octanol–water partition coefficient (Wildman–Crippen LogP) is 3.12. The molecule has 2 unspecified atom stereocenters. The van der Waals surface area contributed by atoms with Gasteiger partial charge in [0.25, 0.3) is 0 Å². The average Bonchev–Trinajstić information content (AvgIpc) is 2.33. The molecule has 2 atom stereocenters. The predicted molar refractivity (Wildman–Crippen MR) is 79.9 cm³/mol. The van der Waals surface area contributed by atoms with Crippen LogP contribution in [0.2, 0.25) is 0 Å². The Hall–Kier alpha value is -0.360. The van der Waals surface area contributed by atoms with Gasteiger partial charge in [0, 0.05) is 0 Å². The number of carbonyl (C=O) groups is 2. The lowest BCUT2D eigenvalue weighted by Gasteiger charge is -2.01. The largest absolute Gasteiger partial charge is 0.480 e. The Balaban J connectivity index is 0. The lowest BCUT2D eigenvalue weighted by Crippen LogP contribution is -2.12. The molecule has 108 valence electrons. The molecule has 0 aromatic heterocycles. The third-order valence-electron chi connectivity index (χ3n) is 2.23. The zero-order chi connectivity index (χ0) is 14.6. The molecule has 6 heteroatoms. The number of thiol groups is 2. The van der Waals surface area contributed by atoms with Crippen molar-refractivity contribution < 1.29 is 19.8 Å². The molecule has 0 aromatic carbocycles. The molecule has 0 aliphatic carbocycles. The zero-order valence-corrected chi connectivity index (χ0v) is 12.8. The normalized spacial score (nSPS) is 13.1. The first-order chi connectivity index (χ1) is 8.36. The molecule has 0 bridgehead atoms. The Morgan fingerprint density at radius 1 is 0.889 bits per heavy atom. The van der Waals surface area contributed by atoms with Crippen LogP contribution in [-0.2, 0) is 9.59 Å². The number of aliphatic carboxylic acids is 2. The van der Waals surface area contributed by atoms with E-state index in [1.54, 1.807) is 0 Å². The van der Waals surface area contributed by atoms with Gasteiger partial charge in [0.15, 0.2) is 0 Å². The summed E-state index contributed by atoms with van der Waals surface area (Å²) in [6, 6.07) is 0. The van der Waals surface area contributed by atoms with Crippen molar-refractivity contribution in [2.24, 2.45) is 0 Å². The van der Waals surface area contributed by atoms with E-state index in [9.17, 15) is 9.59 Å². The van der Waals surface area contributed by atoms with Crippen molar-refractivity contribution in [1.82, 2.24) is 0 Å². The fourth-order valence-electron chi connectivity index (χ4n) is 1.04. The maximum Gasteiger partial charge on any atom is 0.316 e. The lowest BCUT2D eigenvalue weighted by atomic mass is 10.2. The van der Waals surface area contributed by atoms with E-state index in [4.69, 9.17) is 10.2 Å². The Morgan fingerprint density at radius 2 is 1.17 bits per heavy atom. The maximum absolute atomic E-state index is 10.1. The highest BCUT2D eigenvalue weighted by Gasteiger charge is 2.10. The summed E-state index contributed by atoms with van der Waals surface area (Å²) < 4.78 is 0. The van der Waals surface area contributed by atoms with Crippen LogP contribution in [0.3, 0.4) is 0 Å². The average molecular weight is 296 g/mol. The van der Waals surface area contributed by atoms with Crippen LogP contribution in [0.5, 0.6) is 0 Å². The van der Waals surface area contributed by atoms with Gasteiger partial charge in [0.2, 0.25) is 0 Å². The second-order valence-electron chi connectivity index (χ2n) is 3.99. The molecule has 18 heavy (non-hydrogen) atoms. The van der Waals surface area contributed by atoms with Gasteiger partial charge in [-0.3, -0.25) is 9.59 Å². The topological polar surface area (TPSA) is 74.6 Å². The van der Waals surface area contributed by atoms with Crippen LogP contribution in [0.1, 0.15) is 52.4 Å². The van der Waals surface area contributed by atoms with Gasteiger partial charge < -0.3 is 10.2 Å². The highest BCUT2D eigenvalue weighted by molar-refractivity contribution is 7.82. The standard InChI is InChI=1S/2C6H12O2S/c2*1-2-3-4-5(9)6(7)8/h2*5,9H,2-4H2,1H3,(H,7,8). The summed E-state index contributed by atoms with van der Waals surface area (Å²) >= 11 is 7.72. The number of hydrogen-bond acceptors (Lipinski definition) is 4. The van der Waals surface area contributed by atoms with E-state index in [1.807, 2.05) is 13.8 Å². The fraction of sp³-hybridized carbons (Fsp3) is 0.833. The van der Waals surface area contributed by atoms with Crippen LogP contribution in [0.15, 0.2) is 0 Å². The van der Waals surface area contributed by atoms with Gasteiger partial charge >= 0.3 is 11.9 Å². The second-order valence-corrected chi connectivity index (χ2v) is 5.24. The Morgan fingerprint density at radius 3 is 1.33 bits per heavy atom. The van der Waals surface area contributed by atoms with Gasteiger partial charge in [0.05, 0.1) is 10.5 Å². The van der Waals surface area contributed by atoms with E-state index in [1.165, 1.54) is 0 Å². The molecule has 0 aromatic rings. The SMILES string of the molecule is CCCCC(S)C(=O)O.CCCCC(S)C(=O)O. The molecule has 0 amide bonds. The number of carboxylic acids is 2. The van der Waals surface area contributed by atoms with Crippen LogP contribution in [0.4, 0.5) is 0 Å². The van der Waals surface area contributed by atoms with E-state index >= 15 is 0 Å². The monoisotopic (exact) mass is 296 g/mol. The molecule has 0 rings (SSSR count). The van der Waals surface area contributed by atoms with Gasteiger partial charge in [-0.1, -0.05) is 39.5 Å². The van der Waals surface area contributed by atoms with Crippen molar-refractivity contribution in [2.45, 2.75) is 62.9 Å². The summed E-state index contributed by atoms with van der Waals surface area (Å²) in [6.07, 6.45) is 5.31. The minimum atomic E-state index is -0.813. The van der Waals surface area contributed by atoms with E-state index in [-0.39, 0.29) is 0 Å². The summed E-state index contributed by atoms with van der Waals surface area (Å²) in [6.45, 7) is 4.06. The Bertz CT molecular complexity index is 210. The fourth-order valence-corrected chi connectivity index (χ4v) is 1.41. The summed E-state index contributed by atoms with van der Waals surface area (Å²) in [5.41, 5.74) is 0. The van der Waals surface area contributed by atoms with Crippen molar-refractivity contribution in [3.63, 3.8) is 0 Å². The van der Waals surface area contributed by atoms with Crippen molar-refractivity contribution in [1.29, 1.82) is 0 Å². The van der Waals surface area contributed by atoms with Crippen molar-refractivity contribution in [3.05, 3.63) is 0 Å². The molecule has 0 saturated heterocycles. The van der Waals surface area contributed by atoms with Crippen molar-refractivity contribution in [2.75, 3.05) is 0 Å². The number of hydrogen-bond donors (Lipinski definition) is 4. The van der Waals surface area contributed by atoms with Crippen LogP contribution in [0.25, 0.3) is 0 Å². The van der Waals surface area contributed by atoms with Gasteiger partial charge in [-0.25, -0.2) is 0 Å². The van der Waals surface area contributed by atoms with Gasteiger partial charge in [-0.05, 0) is 12.8 Å². The highest BCUT2D eigenvalue weighted by Crippen LogP contribution is 2.06. The van der Waals surface area contributed by atoms with Crippen molar-refractivity contribution in [3.8, 4) is 0 Å². The maximum atomic E-state index is 10.1. The number of rotatable bonds is 8. The first-order valence-electron chi connectivity index (χ1n) is 6.18. The van der Waals surface area contributed by atoms with Crippen LogP contribution in [0, 0.1) is 0 Å². The Kier molecular flexibility index (Phi) is 14.5.